The molecule has 1 aromatic carbocycles. The van der Waals surface area contributed by atoms with Crippen molar-refractivity contribution in [2.24, 2.45) is 0 Å². The van der Waals surface area contributed by atoms with Gasteiger partial charge in [-0.05, 0) is 25.1 Å². The van der Waals surface area contributed by atoms with Gasteiger partial charge in [-0.1, -0.05) is 0 Å². The van der Waals surface area contributed by atoms with E-state index in [0.29, 0.717) is 5.69 Å². The van der Waals surface area contributed by atoms with Crippen molar-refractivity contribution in [1.82, 2.24) is 4.98 Å². The Morgan fingerprint density at radius 2 is 2.20 bits per heavy atom. The predicted octanol–water partition coefficient (Wildman–Crippen LogP) is 2.28. The molecule has 2 heterocycles. The molecule has 0 saturated carbocycles. The lowest BCUT2D eigenvalue weighted by Crippen LogP contribution is -2.26. The maximum atomic E-state index is 12.0. The highest BCUT2D eigenvalue weighted by molar-refractivity contribution is 8.14. The molecule has 0 spiro atoms. The van der Waals surface area contributed by atoms with Crippen LogP contribution in [0.3, 0.4) is 0 Å². The molecule has 106 valence electrons. The number of amides is 1. The van der Waals surface area contributed by atoms with E-state index < -0.39 is 14.3 Å². The van der Waals surface area contributed by atoms with Crippen LogP contribution in [-0.4, -0.2) is 31.1 Å². The number of hydrogen-bond acceptors (Lipinski definition) is 5. The van der Waals surface area contributed by atoms with Gasteiger partial charge in [0.2, 0.25) is 15.0 Å². The summed E-state index contributed by atoms with van der Waals surface area (Å²) in [6.07, 6.45) is -0.0639. The van der Waals surface area contributed by atoms with Gasteiger partial charge in [-0.3, -0.25) is 4.79 Å². The summed E-state index contributed by atoms with van der Waals surface area (Å²) in [4.78, 5) is 17.8. The smallest absolute Gasteiger partial charge is 0.237 e. The van der Waals surface area contributed by atoms with Crippen molar-refractivity contribution in [3.63, 3.8) is 0 Å². The second-order valence-electron chi connectivity index (χ2n) is 4.69. The van der Waals surface area contributed by atoms with E-state index in [4.69, 9.17) is 10.7 Å². The minimum atomic E-state index is -3.71. The van der Waals surface area contributed by atoms with E-state index in [9.17, 15) is 13.2 Å². The zero-order valence-electron chi connectivity index (χ0n) is 10.5. The van der Waals surface area contributed by atoms with Gasteiger partial charge < -0.3 is 4.90 Å². The molecular weight excluding hydrogens is 320 g/mol. The maximum Gasteiger partial charge on any atom is 0.237 e. The number of carbonyl (C=O) groups excluding carboxylic acids is 1. The molecule has 3 rings (SSSR count). The molecule has 1 aliphatic rings. The number of aryl methyl sites for hydroxylation is 1. The molecule has 0 N–H and O–H groups in total. The quantitative estimate of drug-likeness (QED) is 0.792. The first-order valence-electron chi connectivity index (χ1n) is 5.95. The first-order chi connectivity index (χ1) is 9.34. The number of benzene rings is 1. The van der Waals surface area contributed by atoms with Crippen molar-refractivity contribution in [3.05, 3.63) is 23.2 Å². The van der Waals surface area contributed by atoms with Crippen LogP contribution in [0.1, 0.15) is 11.4 Å². The number of carbonyl (C=O) groups is 1. The lowest BCUT2D eigenvalue weighted by molar-refractivity contribution is -0.117. The number of halogens is 1. The van der Waals surface area contributed by atoms with Crippen LogP contribution in [0.25, 0.3) is 10.2 Å². The minimum absolute atomic E-state index is 0.0639. The van der Waals surface area contributed by atoms with Crippen LogP contribution in [0.5, 0.6) is 0 Å². The predicted molar refractivity (Wildman–Crippen MR) is 79.9 cm³/mol. The van der Waals surface area contributed by atoms with Gasteiger partial charge in [0.1, 0.15) is 5.25 Å². The average Bonchev–Trinajstić information content (AvgIpc) is 2.89. The van der Waals surface area contributed by atoms with Crippen LogP contribution in [-0.2, 0) is 13.8 Å². The lowest BCUT2D eigenvalue weighted by atomic mass is 10.3. The average molecular weight is 331 g/mol. The molecule has 5 nitrogen and oxygen atoms in total. The highest BCUT2D eigenvalue weighted by Crippen LogP contribution is 2.31. The normalized spacial score (nSPS) is 20.0. The monoisotopic (exact) mass is 330 g/mol. The molecule has 0 bridgehead atoms. The fraction of sp³-hybridized carbons (Fsp3) is 0.333. The Hall–Kier alpha value is -1.18. The highest BCUT2D eigenvalue weighted by Gasteiger charge is 2.38. The molecule has 1 unspecified atom stereocenters. The molecule has 1 fully saturated rings. The minimum Gasteiger partial charge on any atom is -0.311 e. The van der Waals surface area contributed by atoms with Gasteiger partial charge in [-0.25, -0.2) is 13.4 Å². The third-order valence-electron chi connectivity index (χ3n) is 3.28. The molecule has 2 aromatic rings. The molecule has 8 heteroatoms. The van der Waals surface area contributed by atoms with Crippen molar-refractivity contribution in [2.75, 3.05) is 11.4 Å². The number of anilines is 1. The van der Waals surface area contributed by atoms with Gasteiger partial charge in [0.15, 0.2) is 0 Å². The molecule has 0 aliphatic carbocycles. The lowest BCUT2D eigenvalue weighted by Gasteiger charge is -2.16. The van der Waals surface area contributed by atoms with Crippen LogP contribution in [0, 0.1) is 6.92 Å². The first-order valence-corrected chi connectivity index (χ1v) is 9.14. The summed E-state index contributed by atoms with van der Waals surface area (Å²) >= 11 is 1.54. The summed E-state index contributed by atoms with van der Waals surface area (Å²) in [5.74, 6) is -0.222. The van der Waals surface area contributed by atoms with Gasteiger partial charge in [0, 0.05) is 29.3 Å². The van der Waals surface area contributed by atoms with Gasteiger partial charge in [-0.15, -0.1) is 11.3 Å². The molecule has 20 heavy (non-hydrogen) atoms. The highest BCUT2D eigenvalue weighted by atomic mass is 35.7. The van der Waals surface area contributed by atoms with Crippen molar-refractivity contribution >= 4 is 52.9 Å². The number of aromatic nitrogens is 1. The number of thiazole rings is 1. The number of rotatable bonds is 2. The molecule has 1 amide bonds. The molecule has 0 radical (unpaired) electrons. The Labute approximate surface area is 124 Å². The Balaban J connectivity index is 1.97. The third-order valence-corrected chi connectivity index (χ3v) is 6.08. The van der Waals surface area contributed by atoms with Crippen LogP contribution in [0.2, 0.25) is 0 Å². The second kappa shape index (κ2) is 4.68. The van der Waals surface area contributed by atoms with Crippen molar-refractivity contribution < 1.29 is 13.2 Å². The zero-order valence-corrected chi connectivity index (χ0v) is 12.9. The first kappa shape index (κ1) is 13.8. The summed E-state index contributed by atoms with van der Waals surface area (Å²) in [6, 6.07) is 5.48. The molecule has 1 saturated heterocycles. The maximum absolute atomic E-state index is 12.0. The third kappa shape index (κ3) is 2.41. The van der Waals surface area contributed by atoms with Crippen molar-refractivity contribution in [2.45, 2.75) is 18.6 Å². The summed E-state index contributed by atoms with van der Waals surface area (Å²) in [5.41, 5.74) is 1.57. The standard InChI is InChI=1S/C12H11ClN2O3S2/c1-7-14-10-3-2-8(4-11(10)19-7)15-6-9(5-12(15)16)20(13,17)18/h2-4,9H,5-6H2,1H3. The Kier molecular flexibility index (Phi) is 3.23. The topological polar surface area (TPSA) is 67.3 Å². The fourth-order valence-electron chi connectivity index (χ4n) is 2.31. The SMILES string of the molecule is Cc1nc2ccc(N3CC(S(=O)(=O)Cl)CC3=O)cc2s1. The molecule has 1 atom stereocenters. The van der Waals surface area contributed by atoms with Gasteiger partial charge in [0.05, 0.1) is 15.2 Å². The zero-order chi connectivity index (χ0) is 14.5. The van der Waals surface area contributed by atoms with Gasteiger partial charge >= 0.3 is 0 Å². The fourth-order valence-corrected chi connectivity index (χ4v) is 4.20. The Morgan fingerprint density at radius 3 is 2.85 bits per heavy atom. The Morgan fingerprint density at radius 1 is 1.45 bits per heavy atom. The van der Waals surface area contributed by atoms with E-state index in [1.54, 1.807) is 6.07 Å². The van der Waals surface area contributed by atoms with E-state index in [1.165, 1.54) is 16.2 Å². The summed E-state index contributed by atoms with van der Waals surface area (Å²) in [7, 11) is 1.63. The Bertz CT molecular complexity index is 800. The summed E-state index contributed by atoms with van der Waals surface area (Å²) < 4.78 is 23.7. The number of fused-ring (bicyclic) bond motifs is 1. The van der Waals surface area contributed by atoms with Crippen LogP contribution < -0.4 is 4.90 Å². The largest absolute Gasteiger partial charge is 0.311 e. The van der Waals surface area contributed by atoms with Crippen LogP contribution in [0.4, 0.5) is 5.69 Å². The van der Waals surface area contributed by atoms with E-state index in [2.05, 4.69) is 4.98 Å². The van der Waals surface area contributed by atoms with Crippen molar-refractivity contribution in [1.29, 1.82) is 0 Å². The molecule has 1 aromatic heterocycles. The molecule has 1 aliphatic heterocycles. The molecular formula is C12H11ClN2O3S2. The van der Waals surface area contributed by atoms with Crippen LogP contribution in [0.15, 0.2) is 18.2 Å². The van der Waals surface area contributed by atoms with E-state index in [1.807, 2.05) is 19.1 Å². The van der Waals surface area contributed by atoms with Gasteiger partial charge in [-0.2, -0.15) is 0 Å². The van der Waals surface area contributed by atoms with E-state index in [0.717, 1.165) is 15.2 Å². The van der Waals surface area contributed by atoms with Crippen LogP contribution >= 0.6 is 22.0 Å². The van der Waals surface area contributed by atoms with Crippen molar-refractivity contribution in [3.8, 4) is 0 Å². The number of hydrogen-bond donors (Lipinski definition) is 0. The van der Waals surface area contributed by atoms with Gasteiger partial charge in [0.25, 0.3) is 0 Å². The summed E-state index contributed by atoms with van der Waals surface area (Å²) in [5, 5.41) is 0.113. The van der Waals surface area contributed by atoms with E-state index >= 15 is 0 Å². The number of nitrogens with zero attached hydrogens (tertiary/aromatic N) is 2. The second-order valence-corrected chi connectivity index (χ2v) is 8.83. The summed E-state index contributed by atoms with van der Waals surface area (Å²) in [6.45, 7) is 2.02. The van der Waals surface area contributed by atoms with E-state index in [-0.39, 0.29) is 18.9 Å².